The summed E-state index contributed by atoms with van der Waals surface area (Å²) in [6.45, 7) is 7.21. The van der Waals surface area contributed by atoms with Crippen LogP contribution in [0.15, 0.2) is 11.6 Å². The molecule has 0 aliphatic heterocycles. The molecule has 0 aliphatic carbocycles. The van der Waals surface area contributed by atoms with E-state index in [1.54, 1.807) is 0 Å². The van der Waals surface area contributed by atoms with Crippen LogP contribution < -0.4 is 0 Å². The van der Waals surface area contributed by atoms with Gasteiger partial charge in [0.25, 0.3) is 0 Å². The molecule has 5 heteroatoms. The number of ether oxygens (including phenoxy) is 2. The summed E-state index contributed by atoms with van der Waals surface area (Å²) >= 11 is 0. The minimum absolute atomic E-state index is 0.0732. The lowest BCUT2D eigenvalue weighted by atomic mass is 9.92. The Labute approximate surface area is 130 Å². The lowest BCUT2D eigenvalue weighted by Crippen LogP contribution is -2.06. The molecular formula is C17H19NO4. The molecule has 0 fully saturated rings. The summed E-state index contributed by atoms with van der Waals surface area (Å²) in [6.07, 6.45) is 1.51. The van der Waals surface area contributed by atoms with Gasteiger partial charge in [0, 0.05) is 6.92 Å². The van der Waals surface area contributed by atoms with E-state index in [-0.39, 0.29) is 18.1 Å². The van der Waals surface area contributed by atoms with Gasteiger partial charge < -0.3 is 9.47 Å². The number of rotatable bonds is 4. The maximum absolute atomic E-state index is 11.6. The average Bonchev–Trinajstić information content (AvgIpc) is 2.45. The molecule has 0 radical (unpaired) electrons. The Balaban J connectivity index is 3.40. The number of nitrogens with zero attached hydrogens (tertiary/aromatic N) is 1. The van der Waals surface area contributed by atoms with Gasteiger partial charge in [-0.1, -0.05) is 6.07 Å². The summed E-state index contributed by atoms with van der Waals surface area (Å²) in [5, 5.41) is 9.08. The van der Waals surface area contributed by atoms with Gasteiger partial charge in [-0.15, -0.1) is 0 Å². The summed E-state index contributed by atoms with van der Waals surface area (Å²) in [4.78, 5) is 22.6. The van der Waals surface area contributed by atoms with Gasteiger partial charge in [-0.2, -0.15) is 5.26 Å². The van der Waals surface area contributed by atoms with E-state index in [4.69, 9.17) is 10.00 Å². The van der Waals surface area contributed by atoms with Crippen LogP contribution in [0.2, 0.25) is 0 Å². The van der Waals surface area contributed by atoms with Crippen molar-refractivity contribution >= 4 is 18.0 Å². The normalized spacial score (nSPS) is 10.8. The van der Waals surface area contributed by atoms with Gasteiger partial charge in [-0.3, -0.25) is 4.79 Å². The third kappa shape index (κ3) is 3.95. The van der Waals surface area contributed by atoms with Crippen molar-refractivity contribution in [3.63, 3.8) is 0 Å². The van der Waals surface area contributed by atoms with Crippen molar-refractivity contribution < 1.29 is 19.1 Å². The summed E-state index contributed by atoms with van der Waals surface area (Å²) in [7, 11) is 1.23. The Bertz CT molecular complexity index is 681. The highest BCUT2D eigenvalue weighted by Crippen LogP contribution is 2.25. The zero-order valence-electron chi connectivity index (χ0n) is 13.4. The standard InChI is InChI=1S/C17H19NO4/c1-10-6-11(2)16(9-22-13(4)19)12(3)15(10)7-14(8-18)17(20)21-5/h6-7H,9H2,1-5H3. The minimum atomic E-state index is -0.677. The molecule has 5 nitrogen and oxygen atoms in total. The number of hydrogen-bond acceptors (Lipinski definition) is 5. The van der Waals surface area contributed by atoms with Crippen molar-refractivity contribution in [2.75, 3.05) is 7.11 Å². The molecule has 22 heavy (non-hydrogen) atoms. The Morgan fingerprint density at radius 2 is 1.91 bits per heavy atom. The van der Waals surface area contributed by atoms with E-state index in [2.05, 4.69) is 4.74 Å². The molecule has 0 atom stereocenters. The fraction of sp³-hybridized carbons (Fsp3) is 0.353. The van der Waals surface area contributed by atoms with E-state index < -0.39 is 5.97 Å². The largest absolute Gasteiger partial charge is 0.465 e. The van der Waals surface area contributed by atoms with Gasteiger partial charge in [0.05, 0.1) is 7.11 Å². The minimum Gasteiger partial charge on any atom is -0.465 e. The number of hydrogen-bond donors (Lipinski definition) is 0. The number of benzene rings is 1. The van der Waals surface area contributed by atoms with E-state index in [0.29, 0.717) is 0 Å². The van der Waals surface area contributed by atoms with Crippen molar-refractivity contribution in [3.05, 3.63) is 39.5 Å². The summed E-state index contributed by atoms with van der Waals surface area (Å²) in [6, 6.07) is 3.78. The number of carbonyl (C=O) groups excluding carboxylic acids is 2. The van der Waals surface area contributed by atoms with Gasteiger partial charge >= 0.3 is 11.9 Å². The molecule has 0 amide bonds. The fourth-order valence-electron chi connectivity index (χ4n) is 2.25. The molecule has 0 spiro atoms. The average molecular weight is 301 g/mol. The van der Waals surface area contributed by atoms with E-state index in [1.165, 1.54) is 20.1 Å². The number of carbonyl (C=O) groups is 2. The first-order chi connectivity index (χ1) is 10.3. The Morgan fingerprint density at radius 3 is 2.41 bits per heavy atom. The highest BCUT2D eigenvalue weighted by Gasteiger charge is 2.14. The molecule has 1 rings (SSSR count). The molecule has 0 N–H and O–H groups in total. The van der Waals surface area contributed by atoms with Gasteiger partial charge in [0.2, 0.25) is 0 Å². The van der Waals surface area contributed by atoms with Crippen LogP contribution in [0.3, 0.4) is 0 Å². The lowest BCUT2D eigenvalue weighted by Gasteiger charge is -2.15. The third-order valence-corrected chi connectivity index (χ3v) is 3.42. The quantitative estimate of drug-likeness (QED) is 0.485. The van der Waals surface area contributed by atoms with Crippen molar-refractivity contribution in [3.8, 4) is 6.07 Å². The molecule has 0 unspecified atom stereocenters. The van der Waals surface area contributed by atoms with Crippen LogP contribution in [0.4, 0.5) is 0 Å². The first-order valence-corrected chi connectivity index (χ1v) is 6.75. The molecule has 0 saturated carbocycles. The zero-order valence-corrected chi connectivity index (χ0v) is 13.4. The predicted molar refractivity (Wildman–Crippen MR) is 81.7 cm³/mol. The van der Waals surface area contributed by atoms with E-state index >= 15 is 0 Å². The van der Waals surface area contributed by atoms with Crippen LogP contribution >= 0.6 is 0 Å². The van der Waals surface area contributed by atoms with Gasteiger partial charge in [0.1, 0.15) is 18.2 Å². The highest BCUT2D eigenvalue weighted by atomic mass is 16.5. The Kier molecular flexibility index (Phi) is 5.88. The number of nitriles is 1. The molecule has 0 bridgehead atoms. The smallest absolute Gasteiger partial charge is 0.348 e. The predicted octanol–water partition coefficient (Wildman–Crippen LogP) is 2.75. The van der Waals surface area contributed by atoms with Crippen molar-refractivity contribution in [1.29, 1.82) is 5.26 Å². The van der Waals surface area contributed by atoms with Crippen LogP contribution in [0.5, 0.6) is 0 Å². The van der Waals surface area contributed by atoms with E-state index in [9.17, 15) is 9.59 Å². The second kappa shape index (κ2) is 7.41. The molecule has 0 saturated heterocycles. The van der Waals surface area contributed by atoms with Gasteiger partial charge in [-0.05, 0) is 54.7 Å². The zero-order chi connectivity index (χ0) is 16.9. The van der Waals surface area contributed by atoms with Gasteiger partial charge in [-0.25, -0.2) is 4.79 Å². The summed E-state index contributed by atoms with van der Waals surface area (Å²) in [5.74, 6) is -1.04. The molecule has 1 aromatic carbocycles. The number of aryl methyl sites for hydroxylation is 2. The van der Waals surface area contributed by atoms with Crippen LogP contribution in [0.25, 0.3) is 6.08 Å². The topological polar surface area (TPSA) is 76.4 Å². The molecule has 1 aromatic rings. The van der Waals surface area contributed by atoms with Crippen LogP contribution in [0.1, 0.15) is 34.7 Å². The number of esters is 2. The first-order valence-electron chi connectivity index (χ1n) is 6.75. The first kappa shape index (κ1) is 17.4. The molecule has 116 valence electrons. The Hall–Kier alpha value is -2.61. The summed E-state index contributed by atoms with van der Waals surface area (Å²) in [5.41, 5.74) is 4.35. The monoisotopic (exact) mass is 301 g/mol. The number of methoxy groups -OCH3 is 1. The second-order valence-electron chi connectivity index (χ2n) is 4.97. The Morgan fingerprint density at radius 1 is 1.27 bits per heavy atom. The molecule has 0 aliphatic rings. The van der Waals surface area contributed by atoms with Crippen molar-refractivity contribution in [2.24, 2.45) is 0 Å². The molecular weight excluding hydrogens is 282 g/mol. The summed E-state index contributed by atoms with van der Waals surface area (Å²) < 4.78 is 9.66. The van der Waals surface area contributed by atoms with Crippen LogP contribution in [-0.4, -0.2) is 19.0 Å². The fourth-order valence-corrected chi connectivity index (χ4v) is 2.25. The maximum Gasteiger partial charge on any atom is 0.348 e. The molecule has 0 aromatic heterocycles. The molecule has 0 heterocycles. The van der Waals surface area contributed by atoms with Crippen LogP contribution in [-0.2, 0) is 25.7 Å². The maximum atomic E-state index is 11.6. The van der Waals surface area contributed by atoms with Gasteiger partial charge in [0.15, 0.2) is 0 Å². The van der Waals surface area contributed by atoms with E-state index in [1.807, 2.05) is 32.9 Å². The highest BCUT2D eigenvalue weighted by molar-refractivity contribution is 5.98. The van der Waals surface area contributed by atoms with Crippen molar-refractivity contribution in [2.45, 2.75) is 34.3 Å². The van der Waals surface area contributed by atoms with Crippen molar-refractivity contribution in [1.82, 2.24) is 0 Å². The SMILES string of the molecule is COC(=O)C(C#N)=Cc1c(C)cc(C)c(COC(C)=O)c1C. The third-order valence-electron chi connectivity index (χ3n) is 3.42. The van der Waals surface area contributed by atoms with Crippen LogP contribution in [0, 0.1) is 32.1 Å². The van der Waals surface area contributed by atoms with E-state index in [0.717, 1.165) is 27.8 Å². The second-order valence-corrected chi connectivity index (χ2v) is 4.97. The lowest BCUT2D eigenvalue weighted by molar-refractivity contribution is -0.142.